The average molecular weight is 472 g/mol. The molecule has 1 saturated heterocycles. The van der Waals surface area contributed by atoms with Crippen LogP contribution in [0.4, 0.5) is 0 Å². The van der Waals surface area contributed by atoms with E-state index in [1.807, 2.05) is 43.2 Å². The largest absolute Gasteiger partial charge is 0.384 e. The molecule has 0 radical (unpaired) electrons. The lowest BCUT2D eigenvalue weighted by molar-refractivity contribution is -0.141. The number of fused-ring (bicyclic) bond motifs is 1. The van der Waals surface area contributed by atoms with Gasteiger partial charge in [-0.25, -0.2) is 0 Å². The lowest BCUT2D eigenvalue weighted by Gasteiger charge is -2.48. The summed E-state index contributed by atoms with van der Waals surface area (Å²) in [5.74, 6) is 1.12. The van der Waals surface area contributed by atoms with Crippen LogP contribution in [0.15, 0.2) is 48.2 Å². The minimum absolute atomic E-state index is 0.0122. The number of allylic oxidation sites excluding steroid dienone is 2. The third kappa shape index (κ3) is 5.24. The Hall–Kier alpha value is -2.01. The SMILES string of the molecule is CC(C)[C@@H](NC(=O)C1=CC2C=CNC2C=C1)C(=O)N1CC[C@H](C2C=CC(Cl)CC2)C(C)(C)C1. The van der Waals surface area contributed by atoms with Crippen molar-refractivity contribution in [2.45, 2.75) is 64.4 Å². The third-order valence-corrected chi connectivity index (χ3v) is 8.21. The van der Waals surface area contributed by atoms with Crippen molar-refractivity contribution in [1.82, 2.24) is 15.5 Å². The zero-order chi connectivity index (χ0) is 23.8. The maximum atomic E-state index is 13.6. The molecular formula is C27H38ClN3O2. The number of amides is 2. The Morgan fingerprint density at radius 2 is 1.94 bits per heavy atom. The van der Waals surface area contributed by atoms with Crippen molar-refractivity contribution in [1.29, 1.82) is 0 Å². The molecule has 2 aliphatic heterocycles. The highest BCUT2D eigenvalue weighted by atomic mass is 35.5. The van der Waals surface area contributed by atoms with Crippen LogP contribution in [0, 0.1) is 29.1 Å². The molecule has 2 heterocycles. The number of nitrogens with zero attached hydrogens (tertiary/aromatic N) is 1. The number of rotatable bonds is 5. The van der Waals surface area contributed by atoms with Crippen LogP contribution in [0.25, 0.3) is 0 Å². The molecule has 0 bridgehead atoms. The molecule has 0 aromatic rings. The molecule has 4 unspecified atom stereocenters. The van der Waals surface area contributed by atoms with Crippen LogP contribution in [0.5, 0.6) is 0 Å². The Bertz CT molecular complexity index is 888. The number of carbonyl (C=O) groups excluding carboxylic acids is 2. The lowest BCUT2D eigenvalue weighted by atomic mass is 9.65. The molecule has 6 heteroatoms. The number of piperidine rings is 1. The van der Waals surface area contributed by atoms with Gasteiger partial charge >= 0.3 is 0 Å². The van der Waals surface area contributed by atoms with Crippen LogP contribution in [0.2, 0.25) is 0 Å². The highest BCUT2D eigenvalue weighted by molar-refractivity contribution is 6.21. The van der Waals surface area contributed by atoms with Crippen LogP contribution < -0.4 is 10.6 Å². The molecule has 180 valence electrons. The molecule has 0 spiro atoms. The van der Waals surface area contributed by atoms with Gasteiger partial charge in [0.1, 0.15) is 6.04 Å². The number of carbonyl (C=O) groups is 2. The number of likely N-dealkylation sites (tertiary alicyclic amines) is 1. The van der Waals surface area contributed by atoms with E-state index < -0.39 is 6.04 Å². The first-order chi connectivity index (χ1) is 15.7. The van der Waals surface area contributed by atoms with Gasteiger partial charge in [-0.3, -0.25) is 9.59 Å². The van der Waals surface area contributed by atoms with Crippen LogP contribution in [-0.4, -0.2) is 47.3 Å². The van der Waals surface area contributed by atoms with Gasteiger partial charge in [-0.15, -0.1) is 11.6 Å². The van der Waals surface area contributed by atoms with Gasteiger partial charge in [0.25, 0.3) is 5.91 Å². The van der Waals surface area contributed by atoms with Crippen molar-refractivity contribution >= 4 is 23.4 Å². The minimum Gasteiger partial charge on any atom is -0.384 e. The second-order valence-electron chi connectivity index (χ2n) is 11.1. The third-order valence-electron chi connectivity index (χ3n) is 7.84. The Labute approximate surface area is 203 Å². The van der Waals surface area contributed by atoms with E-state index in [0.29, 0.717) is 24.0 Å². The summed E-state index contributed by atoms with van der Waals surface area (Å²) >= 11 is 6.26. The number of nitrogens with one attached hydrogen (secondary N) is 2. The molecule has 2 N–H and O–H groups in total. The summed E-state index contributed by atoms with van der Waals surface area (Å²) in [6.45, 7) is 10.0. The van der Waals surface area contributed by atoms with Gasteiger partial charge < -0.3 is 15.5 Å². The fourth-order valence-electron chi connectivity index (χ4n) is 5.91. The lowest BCUT2D eigenvalue weighted by Crippen LogP contribution is -2.57. The summed E-state index contributed by atoms with van der Waals surface area (Å²) in [6.07, 6.45) is 17.4. The zero-order valence-electron chi connectivity index (χ0n) is 20.3. The van der Waals surface area contributed by atoms with Crippen molar-refractivity contribution in [3.8, 4) is 0 Å². The number of hydrogen-bond acceptors (Lipinski definition) is 3. The van der Waals surface area contributed by atoms with Crippen LogP contribution >= 0.6 is 11.6 Å². The predicted molar refractivity (Wildman–Crippen MR) is 134 cm³/mol. The van der Waals surface area contributed by atoms with E-state index in [-0.39, 0.29) is 40.5 Å². The van der Waals surface area contributed by atoms with E-state index in [0.717, 1.165) is 25.8 Å². The molecule has 6 atom stereocenters. The number of hydrogen-bond donors (Lipinski definition) is 2. The van der Waals surface area contributed by atoms with Gasteiger partial charge in [0.2, 0.25) is 5.91 Å². The van der Waals surface area contributed by atoms with Crippen molar-refractivity contribution < 1.29 is 9.59 Å². The monoisotopic (exact) mass is 471 g/mol. The first kappa shape index (κ1) is 24.1. The van der Waals surface area contributed by atoms with Crippen LogP contribution in [0.3, 0.4) is 0 Å². The van der Waals surface area contributed by atoms with E-state index in [2.05, 4.69) is 42.7 Å². The summed E-state index contributed by atoms with van der Waals surface area (Å²) in [5, 5.41) is 6.46. The second kappa shape index (κ2) is 9.69. The highest BCUT2D eigenvalue weighted by Crippen LogP contribution is 2.43. The van der Waals surface area contributed by atoms with Crippen molar-refractivity contribution in [2.24, 2.45) is 29.1 Å². The first-order valence-corrected chi connectivity index (χ1v) is 12.8. The average Bonchev–Trinajstić information content (AvgIpc) is 3.24. The standard InChI is InChI=1S/C27H38ClN3O2/c1-17(2)24(30-25(32)20-7-10-23-19(15-20)11-13-29-23)26(33)31-14-12-22(27(3,4)16-31)18-5-8-21(28)9-6-18/h5,7-8,10-11,13,15,17-19,21-24,29H,6,9,12,14,16H2,1-4H3,(H,30,32)/t18?,19?,21?,22-,23?,24-/m1/s1. The molecule has 2 aliphatic carbocycles. The summed E-state index contributed by atoms with van der Waals surface area (Å²) in [7, 11) is 0. The summed E-state index contributed by atoms with van der Waals surface area (Å²) in [6, 6.07) is -0.303. The molecule has 0 saturated carbocycles. The van der Waals surface area contributed by atoms with Crippen molar-refractivity contribution in [3.05, 3.63) is 48.2 Å². The predicted octanol–water partition coefficient (Wildman–Crippen LogP) is 4.17. The highest BCUT2D eigenvalue weighted by Gasteiger charge is 2.43. The number of halogens is 1. The summed E-state index contributed by atoms with van der Waals surface area (Å²) in [4.78, 5) is 28.6. The molecule has 33 heavy (non-hydrogen) atoms. The Morgan fingerprint density at radius 1 is 1.15 bits per heavy atom. The van der Waals surface area contributed by atoms with E-state index in [1.165, 1.54) is 0 Å². The fraction of sp³-hybridized carbons (Fsp3) is 0.630. The van der Waals surface area contributed by atoms with Gasteiger partial charge in [-0.1, -0.05) is 64.2 Å². The maximum Gasteiger partial charge on any atom is 0.251 e. The Balaban J connectivity index is 1.41. The molecule has 0 aromatic carbocycles. The Kier molecular flexibility index (Phi) is 7.09. The molecule has 0 aromatic heterocycles. The molecule has 5 nitrogen and oxygen atoms in total. The van der Waals surface area contributed by atoms with E-state index in [4.69, 9.17) is 11.6 Å². The molecule has 4 aliphatic rings. The van der Waals surface area contributed by atoms with Crippen LogP contribution in [-0.2, 0) is 9.59 Å². The maximum absolute atomic E-state index is 13.6. The van der Waals surface area contributed by atoms with E-state index in [9.17, 15) is 9.59 Å². The fourth-order valence-corrected chi connectivity index (χ4v) is 6.12. The summed E-state index contributed by atoms with van der Waals surface area (Å²) < 4.78 is 0. The molecule has 1 fully saturated rings. The van der Waals surface area contributed by atoms with Gasteiger partial charge in [-0.05, 0) is 48.6 Å². The van der Waals surface area contributed by atoms with E-state index >= 15 is 0 Å². The van der Waals surface area contributed by atoms with Gasteiger partial charge in [-0.2, -0.15) is 0 Å². The second-order valence-corrected chi connectivity index (χ2v) is 11.7. The molecule has 2 amide bonds. The molecular weight excluding hydrogens is 434 g/mol. The zero-order valence-corrected chi connectivity index (χ0v) is 21.0. The van der Waals surface area contributed by atoms with Crippen molar-refractivity contribution in [2.75, 3.05) is 13.1 Å². The van der Waals surface area contributed by atoms with Gasteiger partial charge in [0.05, 0.1) is 11.4 Å². The topological polar surface area (TPSA) is 61.4 Å². The number of alkyl halides is 1. The minimum atomic E-state index is -0.527. The Morgan fingerprint density at radius 3 is 2.61 bits per heavy atom. The normalized spacial score (nSPS) is 33.3. The van der Waals surface area contributed by atoms with Gasteiger partial charge in [0, 0.05) is 24.6 Å². The first-order valence-electron chi connectivity index (χ1n) is 12.4. The van der Waals surface area contributed by atoms with Crippen LogP contribution in [0.1, 0.15) is 47.0 Å². The quantitative estimate of drug-likeness (QED) is 0.467. The molecule has 4 rings (SSSR count). The van der Waals surface area contributed by atoms with Crippen molar-refractivity contribution in [3.63, 3.8) is 0 Å². The summed E-state index contributed by atoms with van der Waals surface area (Å²) in [5.41, 5.74) is 0.641. The van der Waals surface area contributed by atoms with Gasteiger partial charge in [0.15, 0.2) is 0 Å². The smallest absolute Gasteiger partial charge is 0.251 e. The van der Waals surface area contributed by atoms with E-state index in [1.54, 1.807) is 0 Å².